The Morgan fingerprint density at radius 2 is 2.23 bits per heavy atom. The number of rotatable bonds is 5. The first-order valence-electron chi connectivity index (χ1n) is 6.96. The summed E-state index contributed by atoms with van der Waals surface area (Å²) in [5.74, 6) is 0.759. The third-order valence-corrected chi connectivity index (χ3v) is 4.60. The second-order valence-corrected chi connectivity index (χ2v) is 7.29. The van der Waals surface area contributed by atoms with Crippen LogP contribution in [-0.4, -0.2) is 17.5 Å². The minimum absolute atomic E-state index is 0.526. The lowest BCUT2D eigenvalue weighted by atomic mass is 10.2. The lowest BCUT2D eigenvalue weighted by molar-refractivity contribution is 0.811. The van der Waals surface area contributed by atoms with Crippen molar-refractivity contribution in [2.45, 2.75) is 26.9 Å². The second-order valence-electron chi connectivity index (χ2n) is 4.65. The molecule has 0 saturated carbocycles. The van der Waals surface area contributed by atoms with E-state index in [1.807, 2.05) is 31.3 Å². The van der Waals surface area contributed by atoms with Gasteiger partial charge in [0.1, 0.15) is 5.01 Å². The molecule has 0 aliphatic carbocycles. The highest BCUT2D eigenvalue weighted by Gasteiger charge is 2.03. The fourth-order valence-electron chi connectivity index (χ4n) is 1.80. The van der Waals surface area contributed by atoms with Crippen molar-refractivity contribution in [3.8, 4) is 0 Å². The molecule has 22 heavy (non-hydrogen) atoms. The maximum Gasteiger partial charge on any atom is 0.191 e. The summed E-state index contributed by atoms with van der Waals surface area (Å²) < 4.78 is 0.967. The van der Waals surface area contributed by atoms with Crippen LogP contribution in [0, 0.1) is 6.92 Å². The van der Waals surface area contributed by atoms with Gasteiger partial charge in [-0.1, -0.05) is 33.6 Å². The molecule has 1 heterocycles. The maximum absolute atomic E-state index is 6.22. The van der Waals surface area contributed by atoms with Gasteiger partial charge >= 0.3 is 0 Å². The minimum Gasteiger partial charge on any atom is -0.357 e. The van der Waals surface area contributed by atoms with Crippen molar-refractivity contribution in [1.29, 1.82) is 0 Å². The van der Waals surface area contributed by atoms with E-state index in [1.165, 1.54) is 4.88 Å². The van der Waals surface area contributed by atoms with Crippen LogP contribution in [0.5, 0.6) is 0 Å². The van der Waals surface area contributed by atoms with Crippen LogP contribution in [0.1, 0.15) is 22.4 Å². The number of nitrogens with zero attached hydrogens (tertiary/aromatic N) is 2. The Morgan fingerprint density at radius 3 is 2.86 bits per heavy atom. The third kappa shape index (κ3) is 5.26. The summed E-state index contributed by atoms with van der Waals surface area (Å²) in [5, 5.41) is 8.27. The third-order valence-electron chi connectivity index (χ3n) is 2.84. The van der Waals surface area contributed by atoms with Crippen LogP contribution in [0.2, 0.25) is 5.02 Å². The Labute approximate surface area is 148 Å². The Hall–Kier alpha value is -1.11. The van der Waals surface area contributed by atoms with Crippen molar-refractivity contribution in [2.75, 3.05) is 6.54 Å². The Kier molecular flexibility index (Phi) is 6.67. The lowest BCUT2D eigenvalue weighted by Crippen LogP contribution is -2.36. The molecule has 0 amide bonds. The molecule has 0 bridgehead atoms. The van der Waals surface area contributed by atoms with Gasteiger partial charge in [0.2, 0.25) is 0 Å². The smallest absolute Gasteiger partial charge is 0.191 e. The highest BCUT2D eigenvalue weighted by Crippen LogP contribution is 2.21. The first-order chi connectivity index (χ1) is 10.6. The van der Waals surface area contributed by atoms with Gasteiger partial charge in [0.05, 0.1) is 13.1 Å². The Balaban J connectivity index is 1.99. The molecule has 0 atom stereocenters. The minimum atomic E-state index is 0.526. The summed E-state index contributed by atoms with van der Waals surface area (Å²) in [7, 11) is 0. The molecular weight excluding hydrogens is 384 g/mol. The van der Waals surface area contributed by atoms with Crippen LogP contribution in [0.15, 0.2) is 33.9 Å². The summed E-state index contributed by atoms with van der Waals surface area (Å²) in [6.07, 6.45) is 1.88. The summed E-state index contributed by atoms with van der Waals surface area (Å²) in [6.45, 7) is 6.08. The second kappa shape index (κ2) is 8.50. The van der Waals surface area contributed by atoms with E-state index in [4.69, 9.17) is 11.6 Å². The molecule has 1 aromatic carbocycles. The van der Waals surface area contributed by atoms with Gasteiger partial charge in [0.15, 0.2) is 5.96 Å². The largest absolute Gasteiger partial charge is 0.357 e. The van der Waals surface area contributed by atoms with E-state index in [0.717, 1.165) is 27.5 Å². The highest BCUT2D eigenvalue weighted by atomic mass is 79.9. The number of aliphatic imine (C=N–C) groups is 1. The van der Waals surface area contributed by atoms with Crippen molar-refractivity contribution in [3.63, 3.8) is 0 Å². The van der Waals surface area contributed by atoms with Gasteiger partial charge in [-0.25, -0.2) is 9.98 Å². The maximum atomic E-state index is 6.22. The van der Waals surface area contributed by atoms with Crippen LogP contribution in [0.3, 0.4) is 0 Å². The van der Waals surface area contributed by atoms with Crippen LogP contribution in [0.4, 0.5) is 0 Å². The van der Waals surface area contributed by atoms with Crippen LogP contribution < -0.4 is 10.6 Å². The zero-order chi connectivity index (χ0) is 15.9. The van der Waals surface area contributed by atoms with E-state index >= 15 is 0 Å². The van der Waals surface area contributed by atoms with Crippen LogP contribution >= 0.6 is 38.9 Å². The lowest BCUT2D eigenvalue weighted by Gasteiger charge is -2.10. The van der Waals surface area contributed by atoms with Crippen molar-refractivity contribution >= 4 is 44.8 Å². The SMILES string of the molecule is CCNC(=NCc1ccc(Br)cc1Cl)NCc1ncc(C)s1. The normalized spacial score (nSPS) is 11.5. The van der Waals surface area contributed by atoms with Crippen molar-refractivity contribution < 1.29 is 0 Å². The molecule has 2 aromatic rings. The van der Waals surface area contributed by atoms with E-state index in [-0.39, 0.29) is 0 Å². The number of hydrogen-bond donors (Lipinski definition) is 2. The number of nitrogens with one attached hydrogen (secondary N) is 2. The van der Waals surface area contributed by atoms with Gasteiger partial charge in [0, 0.05) is 27.1 Å². The standard InChI is InChI=1S/C15H18BrClN4S/c1-3-18-15(21-9-14-19-7-10(2)22-14)20-8-11-4-5-12(16)6-13(11)17/h4-7H,3,8-9H2,1-2H3,(H2,18,20,21). The monoisotopic (exact) mass is 400 g/mol. The van der Waals surface area contributed by atoms with E-state index in [2.05, 4.69) is 43.5 Å². The molecule has 0 spiro atoms. The topological polar surface area (TPSA) is 49.3 Å². The molecule has 0 fully saturated rings. The Bertz CT molecular complexity index is 657. The zero-order valence-corrected chi connectivity index (χ0v) is 15.6. The van der Waals surface area contributed by atoms with Gasteiger partial charge < -0.3 is 10.6 Å². The summed E-state index contributed by atoms with van der Waals surface area (Å²) in [4.78, 5) is 10.1. The van der Waals surface area contributed by atoms with Crippen molar-refractivity contribution in [2.24, 2.45) is 4.99 Å². The summed E-state index contributed by atoms with van der Waals surface area (Å²) in [6, 6.07) is 5.82. The molecule has 0 saturated heterocycles. The van der Waals surface area contributed by atoms with Crippen molar-refractivity contribution in [3.05, 3.63) is 49.3 Å². The summed E-state index contributed by atoms with van der Waals surface area (Å²) >= 11 is 11.3. The van der Waals surface area contributed by atoms with E-state index in [9.17, 15) is 0 Å². The molecule has 4 nitrogen and oxygen atoms in total. The van der Waals surface area contributed by atoms with Crippen molar-refractivity contribution in [1.82, 2.24) is 15.6 Å². The number of halogens is 2. The average molecular weight is 402 g/mol. The van der Waals surface area contributed by atoms with E-state index in [1.54, 1.807) is 11.3 Å². The molecule has 118 valence electrons. The molecule has 0 radical (unpaired) electrons. The molecule has 7 heteroatoms. The molecule has 1 aromatic heterocycles. The molecule has 0 aliphatic heterocycles. The highest BCUT2D eigenvalue weighted by molar-refractivity contribution is 9.10. The average Bonchev–Trinajstić information content (AvgIpc) is 2.89. The van der Waals surface area contributed by atoms with Gasteiger partial charge in [0.25, 0.3) is 0 Å². The summed E-state index contributed by atoms with van der Waals surface area (Å²) in [5.41, 5.74) is 0.993. The van der Waals surface area contributed by atoms with Gasteiger partial charge in [-0.05, 0) is 31.5 Å². The Morgan fingerprint density at radius 1 is 1.41 bits per heavy atom. The molecular formula is C15H18BrClN4S. The van der Waals surface area contributed by atoms with Crippen LogP contribution in [0.25, 0.3) is 0 Å². The fraction of sp³-hybridized carbons (Fsp3) is 0.333. The van der Waals surface area contributed by atoms with Gasteiger partial charge in [-0.2, -0.15) is 0 Å². The molecule has 0 aliphatic rings. The number of hydrogen-bond acceptors (Lipinski definition) is 3. The number of aryl methyl sites for hydroxylation is 1. The molecule has 2 rings (SSSR count). The van der Waals surface area contributed by atoms with E-state index < -0.39 is 0 Å². The fourth-order valence-corrected chi connectivity index (χ4v) is 3.26. The number of thiazole rings is 1. The van der Waals surface area contributed by atoms with Gasteiger partial charge in [-0.15, -0.1) is 11.3 Å². The molecule has 0 unspecified atom stereocenters. The first-order valence-corrected chi connectivity index (χ1v) is 8.94. The number of guanidine groups is 1. The molecule has 2 N–H and O–H groups in total. The predicted molar refractivity (Wildman–Crippen MR) is 97.7 cm³/mol. The van der Waals surface area contributed by atoms with Crippen LogP contribution in [-0.2, 0) is 13.1 Å². The zero-order valence-electron chi connectivity index (χ0n) is 12.5. The van der Waals surface area contributed by atoms with Gasteiger partial charge in [-0.3, -0.25) is 0 Å². The quantitative estimate of drug-likeness (QED) is 0.585. The first kappa shape index (κ1) is 17.2. The number of benzene rings is 1. The predicted octanol–water partition coefficient (Wildman–Crippen LogP) is 4.12. The number of aromatic nitrogens is 1. The van der Waals surface area contributed by atoms with E-state index in [0.29, 0.717) is 18.1 Å².